The van der Waals surface area contributed by atoms with Gasteiger partial charge in [-0.2, -0.15) is 0 Å². The number of hydrogen-bond donors (Lipinski definition) is 0. The van der Waals surface area contributed by atoms with Crippen LogP contribution in [0.25, 0.3) is 0 Å². The fourth-order valence-corrected chi connectivity index (χ4v) is 8.28. The van der Waals surface area contributed by atoms with Gasteiger partial charge in [-0.1, -0.05) is 175 Å². The molecule has 0 N–H and O–H groups in total. The normalized spacial score (nSPS) is 14.5. The highest BCUT2D eigenvalue weighted by molar-refractivity contribution is 5.76. The average molecular weight is 733 g/mol. The molecule has 1 amide bonds. The van der Waals surface area contributed by atoms with Gasteiger partial charge in [0.25, 0.3) is 0 Å². The van der Waals surface area contributed by atoms with Crippen LogP contribution in [-0.2, 0) is 14.3 Å². The molecule has 0 radical (unpaired) electrons. The number of amides is 1. The quantitative estimate of drug-likeness (QED) is 0.0466. The zero-order valence-electron chi connectivity index (χ0n) is 35.9. The van der Waals surface area contributed by atoms with Crippen LogP contribution < -0.4 is 0 Å². The first-order chi connectivity index (χ1) is 25.5. The van der Waals surface area contributed by atoms with E-state index in [1.807, 2.05) is 0 Å². The van der Waals surface area contributed by atoms with E-state index in [-0.39, 0.29) is 5.97 Å². The standard InChI is InChI=1S/C47H92N2O3/c1-5-9-13-16-17-18-22-26-35-45(49(42-32-41-48-39-30-31-40-48)46(50)37-28-21-14-10-6-2)36-27-23-19-20-24-29-38-47(51)52-43-44(33-12-8-4)34-25-15-11-7-3/h44-45H,5-43H2,1-4H3. The molecule has 2 unspecified atom stereocenters. The summed E-state index contributed by atoms with van der Waals surface area (Å²) in [5.74, 6) is 0.989. The predicted molar refractivity (Wildman–Crippen MR) is 226 cm³/mol. The molecule has 52 heavy (non-hydrogen) atoms. The number of nitrogens with zero attached hydrogens (tertiary/aromatic N) is 2. The number of unbranched alkanes of at least 4 members (excludes halogenated alkanes) is 20. The minimum absolute atomic E-state index is 0.0127. The van der Waals surface area contributed by atoms with Crippen molar-refractivity contribution in [3.63, 3.8) is 0 Å². The van der Waals surface area contributed by atoms with Gasteiger partial charge in [0.1, 0.15) is 0 Å². The third-order valence-electron chi connectivity index (χ3n) is 11.8. The smallest absolute Gasteiger partial charge is 0.305 e. The summed E-state index contributed by atoms with van der Waals surface area (Å²) in [5, 5.41) is 0. The van der Waals surface area contributed by atoms with Crippen LogP contribution in [0.4, 0.5) is 0 Å². The zero-order chi connectivity index (χ0) is 37.7. The number of hydrogen-bond acceptors (Lipinski definition) is 4. The largest absolute Gasteiger partial charge is 0.465 e. The number of rotatable bonds is 39. The van der Waals surface area contributed by atoms with Crippen LogP contribution in [0.3, 0.4) is 0 Å². The summed E-state index contributed by atoms with van der Waals surface area (Å²) in [7, 11) is 0. The van der Waals surface area contributed by atoms with Crippen LogP contribution >= 0.6 is 0 Å². The third-order valence-corrected chi connectivity index (χ3v) is 11.8. The van der Waals surface area contributed by atoms with E-state index in [2.05, 4.69) is 37.5 Å². The Kier molecular flexibility index (Phi) is 34.7. The minimum atomic E-state index is 0.0127. The lowest BCUT2D eigenvalue weighted by atomic mass is 9.96. The van der Waals surface area contributed by atoms with Gasteiger partial charge in [0.2, 0.25) is 5.91 Å². The highest BCUT2D eigenvalue weighted by Crippen LogP contribution is 2.23. The summed E-state index contributed by atoms with van der Waals surface area (Å²) >= 11 is 0. The van der Waals surface area contributed by atoms with E-state index in [4.69, 9.17) is 4.74 Å². The lowest BCUT2D eigenvalue weighted by Crippen LogP contribution is -2.42. The van der Waals surface area contributed by atoms with Crippen molar-refractivity contribution in [3.8, 4) is 0 Å². The van der Waals surface area contributed by atoms with E-state index >= 15 is 0 Å². The molecule has 5 heteroatoms. The Bertz CT molecular complexity index is 783. The van der Waals surface area contributed by atoms with Crippen molar-refractivity contribution in [2.75, 3.05) is 32.8 Å². The average Bonchev–Trinajstić information content (AvgIpc) is 3.67. The summed E-state index contributed by atoms with van der Waals surface area (Å²) in [6.45, 7) is 14.3. The maximum atomic E-state index is 13.8. The first-order valence-electron chi connectivity index (χ1n) is 23.7. The van der Waals surface area contributed by atoms with Crippen molar-refractivity contribution in [3.05, 3.63) is 0 Å². The van der Waals surface area contributed by atoms with E-state index in [9.17, 15) is 9.59 Å². The van der Waals surface area contributed by atoms with Crippen LogP contribution in [0.5, 0.6) is 0 Å². The Labute approximate surface area is 325 Å². The summed E-state index contributed by atoms with van der Waals surface area (Å²) in [5.41, 5.74) is 0. The second-order valence-corrected chi connectivity index (χ2v) is 16.8. The number of carbonyl (C=O) groups is 2. The second-order valence-electron chi connectivity index (χ2n) is 16.8. The molecule has 1 aliphatic rings. The van der Waals surface area contributed by atoms with Crippen molar-refractivity contribution in [2.45, 2.75) is 252 Å². The van der Waals surface area contributed by atoms with E-state index in [0.717, 1.165) is 51.6 Å². The molecular formula is C47H92N2O3. The van der Waals surface area contributed by atoms with Crippen LogP contribution in [0, 0.1) is 5.92 Å². The molecule has 0 bridgehead atoms. The summed E-state index contributed by atoms with van der Waals surface area (Å²) in [6, 6.07) is 0.407. The Morgan fingerprint density at radius 2 is 0.962 bits per heavy atom. The lowest BCUT2D eigenvalue weighted by molar-refractivity contribution is -0.145. The van der Waals surface area contributed by atoms with Gasteiger partial charge in [-0.15, -0.1) is 0 Å². The van der Waals surface area contributed by atoms with Crippen LogP contribution in [0.15, 0.2) is 0 Å². The molecule has 5 nitrogen and oxygen atoms in total. The van der Waals surface area contributed by atoms with Gasteiger partial charge in [-0.25, -0.2) is 0 Å². The van der Waals surface area contributed by atoms with Crippen molar-refractivity contribution in [2.24, 2.45) is 5.92 Å². The molecule has 0 aliphatic carbocycles. The second kappa shape index (κ2) is 36.9. The maximum Gasteiger partial charge on any atom is 0.305 e. The molecule has 2 atom stereocenters. The zero-order valence-corrected chi connectivity index (χ0v) is 35.9. The van der Waals surface area contributed by atoms with Crippen molar-refractivity contribution < 1.29 is 14.3 Å². The SMILES string of the molecule is CCCCCCCCCCC(CCCCCCCCC(=O)OCC(CCCC)CCCCCC)N(CCCN1CCCC1)C(=O)CCCCCCC. The highest BCUT2D eigenvalue weighted by Gasteiger charge is 2.23. The van der Waals surface area contributed by atoms with Crippen LogP contribution in [-0.4, -0.2) is 60.5 Å². The van der Waals surface area contributed by atoms with Gasteiger partial charge in [0.05, 0.1) is 6.61 Å². The molecule has 308 valence electrons. The Morgan fingerprint density at radius 3 is 1.52 bits per heavy atom. The summed E-state index contributed by atoms with van der Waals surface area (Å²) in [4.78, 5) is 31.3. The Hall–Kier alpha value is -1.10. The van der Waals surface area contributed by atoms with Gasteiger partial charge in [-0.05, 0) is 83.3 Å². The predicted octanol–water partition coefficient (Wildman–Crippen LogP) is 14.0. The first kappa shape index (κ1) is 48.9. The summed E-state index contributed by atoms with van der Waals surface area (Å²) in [6.07, 6.45) is 41.2. The van der Waals surface area contributed by atoms with Crippen molar-refractivity contribution in [1.29, 1.82) is 0 Å². The molecular weight excluding hydrogens is 641 g/mol. The molecule has 0 aromatic carbocycles. The van der Waals surface area contributed by atoms with Gasteiger partial charge in [0, 0.05) is 25.4 Å². The van der Waals surface area contributed by atoms with Crippen molar-refractivity contribution >= 4 is 11.9 Å². The molecule has 0 aromatic rings. The van der Waals surface area contributed by atoms with Crippen LogP contribution in [0.1, 0.15) is 246 Å². The topological polar surface area (TPSA) is 49.9 Å². The van der Waals surface area contributed by atoms with Gasteiger partial charge < -0.3 is 14.5 Å². The molecule has 0 spiro atoms. The van der Waals surface area contributed by atoms with Crippen LogP contribution in [0.2, 0.25) is 0 Å². The summed E-state index contributed by atoms with van der Waals surface area (Å²) < 4.78 is 5.77. The molecule has 1 heterocycles. The van der Waals surface area contributed by atoms with E-state index in [1.165, 1.54) is 186 Å². The lowest BCUT2D eigenvalue weighted by Gasteiger charge is -2.33. The Morgan fingerprint density at radius 1 is 0.519 bits per heavy atom. The molecule has 1 saturated heterocycles. The number of carbonyl (C=O) groups excluding carboxylic acids is 2. The van der Waals surface area contributed by atoms with Gasteiger partial charge in [0.15, 0.2) is 0 Å². The molecule has 0 aromatic heterocycles. The number of ether oxygens (including phenoxy) is 1. The first-order valence-corrected chi connectivity index (χ1v) is 23.7. The fraction of sp³-hybridized carbons (Fsp3) is 0.957. The highest BCUT2D eigenvalue weighted by atomic mass is 16.5. The van der Waals surface area contributed by atoms with Gasteiger partial charge in [-0.3, -0.25) is 9.59 Å². The molecule has 0 saturated carbocycles. The molecule has 1 fully saturated rings. The molecule has 1 aliphatic heterocycles. The van der Waals surface area contributed by atoms with E-state index in [1.54, 1.807) is 0 Å². The van der Waals surface area contributed by atoms with E-state index < -0.39 is 0 Å². The Balaban J connectivity index is 2.54. The fourth-order valence-electron chi connectivity index (χ4n) is 8.28. The number of likely N-dealkylation sites (tertiary alicyclic amines) is 1. The molecule has 1 rings (SSSR count). The monoisotopic (exact) mass is 733 g/mol. The van der Waals surface area contributed by atoms with E-state index in [0.29, 0.717) is 30.9 Å². The minimum Gasteiger partial charge on any atom is -0.465 e. The maximum absolute atomic E-state index is 13.8. The van der Waals surface area contributed by atoms with Gasteiger partial charge >= 0.3 is 5.97 Å². The van der Waals surface area contributed by atoms with Crippen molar-refractivity contribution in [1.82, 2.24) is 9.80 Å². The third kappa shape index (κ3) is 28.4. The number of esters is 1.